The van der Waals surface area contributed by atoms with Crippen molar-refractivity contribution in [3.05, 3.63) is 47.5 Å². The van der Waals surface area contributed by atoms with E-state index in [0.29, 0.717) is 46.7 Å². The number of fused-ring (bicyclic) bond motifs is 1. The van der Waals surface area contributed by atoms with Gasteiger partial charge >= 0.3 is 0 Å². The lowest BCUT2D eigenvalue weighted by Crippen LogP contribution is -2.43. The quantitative estimate of drug-likeness (QED) is 0.337. The van der Waals surface area contributed by atoms with E-state index in [1.807, 2.05) is 0 Å². The summed E-state index contributed by atoms with van der Waals surface area (Å²) in [6.07, 6.45) is 1.27. The predicted molar refractivity (Wildman–Crippen MR) is 152 cm³/mol. The molecule has 0 saturated carbocycles. The van der Waals surface area contributed by atoms with Gasteiger partial charge in [0, 0.05) is 43.9 Å². The summed E-state index contributed by atoms with van der Waals surface area (Å²) < 4.78 is 56.0. The SMILES string of the molecule is CS(=O)(=O)c1cccc2sc(N(CCN3CCOCC3)C(=O)CCCS(=O)(=O)c3ccc(Cl)cc3)nc12.Cl. The van der Waals surface area contributed by atoms with Gasteiger partial charge in [-0.3, -0.25) is 14.6 Å². The van der Waals surface area contributed by atoms with E-state index >= 15 is 0 Å². The highest BCUT2D eigenvalue weighted by Gasteiger charge is 2.24. The average Bonchev–Trinajstić information content (AvgIpc) is 3.28. The van der Waals surface area contributed by atoms with Gasteiger partial charge in [0.15, 0.2) is 24.8 Å². The second-order valence-electron chi connectivity index (χ2n) is 8.75. The molecule has 0 aliphatic carbocycles. The summed E-state index contributed by atoms with van der Waals surface area (Å²) in [5.74, 6) is -0.449. The molecule has 1 aliphatic heterocycles. The second kappa shape index (κ2) is 13.0. The van der Waals surface area contributed by atoms with Crippen molar-refractivity contribution < 1.29 is 26.4 Å². The lowest BCUT2D eigenvalue weighted by molar-refractivity contribution is -0.118. The van der Waals surface area contributed by atoms with Crippen molar-refractivity contribution in [2.24, 2.45) is 0 Å². The molecule has 0 radical (unpaired) electrons. The standard InChI is InChI=1S/C24H28ClN3O6S3.ClH/c1-36(30,31)21-5-2-4-20-23(21)26-24(35-20)28(12-11-27-13-15-34-16-14-27)22(29)6-3-17-37(32,33)19-9-7-18(25)8-10-19;/h2,4-5,7-10H,3,6,11-17H2,1H3;1H. The number of sulfone groups is 2. The number of amides is 1. The molecular formula is C24H29Cl2N3O6S3. The van der Waals surface area contributed by atoms with Crippen molar-refractivity contribution in [2.75, 3.05) is 56.3 Å². The smallest absolute Gasteiger partial charge is 0.228 e. The number of carbonyl (C=O) groups is 1. The minimum atomic E-state index is -3.57. The van der Waals surface area contributed by atoms with Crippen LogP contribution in [-0.2, 0) is 29.2 Å². The Morgan fingerprint density at radius 3 is 2.45 bits per heavy atom. The van der Waals surface area contributed by atoms with E-state index in [9.17, 15) is 21.6 Å². The molecule has 14 heteroatoms. The van der Waals surface area contributed by atoms with E-state index in [-0.39, 0.29) is 46.7 Å². The van der Waals surface area contributed by atoms with Crippen LogP contribution in [0.4, 0.5) is 5.13 Å². The Balaban J connectivity index is 0.00000400. The van der Waals surface area contributed by atoms with E-state index in [1.54, 1.807) is 17.0 Å². The maximum atomic E-state index is 13.4. The molecule has 0 spiro atoms. The monoisotopic (exact) mass is 621 g/mol. The number of thiazole rings is 1. The van der Waals surface area contributed by atoms with Crippen LogP contribution in [0.2, 0.25) is 5.02 Å². The number of hydrogen-bond acceptors (Lipinski definition) is 9. The van der Waals surface area contributed by atoms with E-state index in [4.69, 9.17) is 16.3 Å². The van der Waals surface area contributed by atoms with Crippen LogP contribution in [0.3, 0.4) is 0 Å². The number of ether oxygens (including phenoxy) is 1. The van der Waals surface area contributed by atoms with Crippen LogP contribution in [0.5, 0.6) is 0 Å². The van der Waals surface area contributed by atoms with Crippen molar-refractivity contribution in [3.8, 4) is 0 Å². The summed E-state index contributed by atoms with van der Waals surface area (Å²) in [7, 11) is -7.07. The summed E-state index contributed by atoms with van der Waals surface area (Å²) in [4.78, 5) is 21.9. The number of morpholine rings is 1. The van der Waals surface area contributed by atoms with Gasteiger partial charge in [0.1, 0.15) is 5.52 Å². The molecule has 1 fully saturated rings. The molecule has 208 valence electrons. The van der Waals surface area contributed by atoms with Crippen molar-refractivity contribution in [2.45, 2.75) is 22.6 Å². The molecule has 9 nitrogen and oxygen atoms in total. The zero-order valence-electron chi connectivity index (χ0n) is 20.7. The molecule has 38 heavy (non-hydrogen) atoms. The topological polar surface area (TPSA) is 114 Å². The van der Waals surface area contributed by atoms with Crippen LogP contribution in [0, 0.1) is 0 Å². The highest BCUT2D eigenvalue weighted by molar-refractivity contribution is 7.91. The zero-order chi connectivity index (χ0) is 26.6. The summed E-state index contributed by atoms with van der Waals surface area (Å²) in [6, 6.07) is 10.9. The van der Waals surface area contributed by atoms with Gasteiger partial charge in [-0.15, -0.1) is 12.4 Å². The molecule has 0 unspecified atom stereocenters. The van der Waals surface area contributed by atoms with E-state index in [1.165, 1.54) is 41.7 Å². The number of rotatable bonds is 10. The Bertz CT molecular complexity index is 1470. The zero-order valence-corrected chi connectivity index (χ0v) is 24.7. The Kier molecular flexibility index (Phi) is 10.5. The first-order valence-corrected chi connectivity index (χ1v) is 16.5. The average molecular weight is 623 g/mol. The lowest BCUT2D eigenvalue weighted by Gasteiger charge is -2.29. The van der Waals surface area contributed by atoms with Crippen LogP contribution in [0.1, 0.15) is 12.8 Å². The first-order chi connectivity index (χ1) is 17.5. The molecule has 4 rings (SSSR count). The van der Waals surface area contributed by atoms with Gasteiger partial charge < -0.3 is 4.74 Å². The lowest BCUT2D eigenvalue weighted by atomic mass is 10.3. The van der Waals surface area contributed by atoms with Crippen LogP contribution in [0.25, 0.3) is 10.2 Å². The van der Waals surface area contributed by atoms with Crippen molar-refractivity contribution in [1.82, 2.24) is 9.88 Å². The van der Waals surface area contributed by atoms with Crippen molar-refractivity contribution in [1.29, 1.82) is 0 Å². The van der Waals surface area contributed by atoms with Gasteiger partial charge in [0.2, 0.25) is 5.91 Å². The van der Waals surface area contributed by atoms with Gasteiger partial charge in [-0.2, -0.15) is 0 Å². The molecule has 0 bridgehead atoms. The number of para-hydroxylation sites is 1. The number of aromatic nitrogens is 1. The largest absolute Gasteiger partial charge is 0.379 e. The minimum absolute atomic E-state index is 0. The van der Waals surface area contributed by atoms with E-state index < -0.39 is 19.7 Å². The van der Waals surface area contributed by atoms with Gasteiger partial charge in [-0.1, -0.05) is 29.0 Å². The fourth-order valence-corrected chi connectivity index (χ4v) is 7.40. The highest BCUT2D eigenvalue weighted by Crippen LogP contribution is 2.33. The van der Waals surface area contributed by atoms with Gasteiger partial charge in [0.05, 0.1) is 33.5 Å². The minimum Gasteiger partial charge on any atom is -0.379 e. The maximum Gasteiger partial charge on any atom is 0.228 e. The van der Waals surface area contributed by atoms with Gasteiger partial charge in [-0.25, -0.2) is 21.8 Å². The first kappa shape index (κ1) is 30.7. The number of nitrogens with zero attached hydrogens (tertiary/aromatic N) is 3. The highest BCUT2D eigenvalue weighted by atomic mass is 35.5. The van der Waals surface area contributed by atoms with Crippen LogP contribution < -0.4 is 4.90 Å². The van der Waals surface area contributed by atoms with E-state index in [2.05, 4.69) is 9.88 Å². The van der Waals surface area contributed by atoms with Crippen LogP contribution in [0.15, 0.2) is 52.3 Å². The molecular weight excluding hydrogens is 593 g/mol. The molecule has 1 aromatic heterocycles. The van der Waals surface area contributed by atoms with Crippen LogP contribution >= 0.6 is 35.3 Å². The third-order valence-electron chi connectivity index (χ3n) is 6.02. The third kappa shape index (κ3) is 7.65. The number of anilines is 1. The number of benzene rings is 2. The molecule has 0 N–H and O–H groups in total. The Labute approximate surface area is 238 Å². The Hall–Kier alpha value is -1.80. The second-order valence-corrected chi connectivity index (χ2v) is 14.3. The molecule has 1 amide bonds. The Morgan fingerprint density at radius 1 is 1.11 bits per heavy atom. The van der Waals surface area contributed by atoms with Crippen LogP contribution in [-0.4, -0.2) is 84.0 Å². The number of hydrogen-bond donors (Lipinski definition) is 0. The molecule has 2 aromatic carbocycles. The number of halogens is 2. The molecule has 2 heterocycles. The summed E-state index contributed by atoms with van der Waals surface area (Å²) in [6.45, 7) is 3.67. The van der Waals surface area contributed by atoms with E-state index in [0.717, 1.165) is 19.3 Å². The normalized spacial score (nSPS) is 14.8. The first-order valence-electron chi connectivity index (χ1n) is 11.7. The molecule has 3 aromatic rings. The Morgan fingerprint density at radius 2 is 1.79 bits per heavy atom. The summed E-state index contributed by atoms with van der Waals surface area (Å²) in [5.41, 5.74) is 0.333. The molecule has 0 atom stereocenters. The third-order valence-corrected chi connectivity index (χ3v) is 10.3. The summed E-state index contributed by atoms with van der Waals surface area (Å²) >= 11 is 7.10. The van der Waals surface area contributed by atoms with Crippen molar-refractivity contribution in [3.63, 3.8) is 0 Å². The maximum absolute atomic E-state index is 13.4. The molecule has 1 aliphatic rings. The number of carbonyl (C=O) groups excluding carboxylic acids is 1. The fourth-order valence-electron chi connectivity index (χ4n) is 4.03. The van der Waals surface area contributed by atoms with Crippen molar-refractivity contribution >= 4 is 76.3 Å². The molecule has 1 saturated heterocycles. The van der Waals surface area contributed by atoms with Gasteiger partial charge in [0.25, 0.3) is 0 Å². The van der Waals surface area contributed by atoms with Gasteiger partial charge in [-0.05, 0) is 42.8 Å². The summed E-state index contributed by atoms with van der Waals surface area (Å²) in [5, 5.41) is 0.838. The predicted octanol–water partition coefficient (Wildman–Crippen LogP) is 3.69. The fraction of sp³-hybridized carbons (Fsp3) is 0.417.